The first-order valence-corrected chi connectivity index (χ1v) is 7.79. The Kier molecular flexibility index (Phi) is 6.10. The van der Waals surface area contributed by atoms with Crippen LogP contribution in [0.25, 0.3) is 0 Å². The molecule has 1 aromatic carbocycles. The highest BCUT2D eigenvalue weighted by atomic mass is 16.3. The van der Waals surface area contributed by atoms with E-state index < -0.39 is 6.23 Å². The minimum atomic E-state index is -0.716. The lowest BCUT2D eigenvalue weighted by molar-refractivity contribution is -0.132. The molecule has 1 aliphatic heterocycles. The number of nitrogens with zero attached hydrogens (tertiary/aromatic N) is 2. The Bertz CT molecular complexity index is 492. The summed E-state index contributed by atoms with van der Waals surface area (Å²) in [7, 11) is 1.77. The van der Waals surface area contributed by atoms with Crippen molar-refractivity contribution in [2.45, 2.75) is 44.5 Å². The third-order valence-corrected chi connectivity index (χ3v) is 4.19. The lowest BCUT2D eigenvalue weighted by atomic mass is 10.2. The van der Waals surface area contributed by atoms with Crippen LogP contribution < -0.4 is 0 Å². The second-order valence-corrected chi connectivity index (χ2v) is 5.84. The van der Waals surface area contributed by atoms with Gasteiger partial charge in [-0.15, -0.1) is 0 Å². The molecular formula is C17H24N2O3. The number of aliphatic hydroxyl groups excluding tert-OH is 1. The van der Waals surface area contributed by atoms with Crippen LogP contribution in [0.1, 0.15) is 31.2 Å². The van der Waals surface area contributed by atoms with Gasteiger partial charge in [-0.25, -0.2) is 0 Å². The van der Waals surface area contributed by atoms with Gasteiger partial charge in [0.1, 0.15) is 12.5 Å². The van der Waals surface area contributed by atoms with Crippen molar-refractivity contribution in [1.82, 2.24) is 9.80 Å². The van der Waals surface area contributed by atoms with Crippen LogP contribution in [-0.2, 0) is 16.1 Å². The number of hydrogen-bond donors (Lipinski definition) is 1. The zero-order chi connectivity index (χ0) is 15.9. The number of rotatable bonds is 7. The number of amides is 1. The van der Waals surface area contributed by atoms with Crippen molar-refractivity contribution in [3.63, 3.8) is 0 Å². The van der Waals surface area contributed by atoms with Gasteiger partial charge >= 0.3 is 0 Å². The smallest absolute Gasteiger partial charge is 0.222 e. The second kappa shape index (κ2) is 8.06. The van der Waals surface area contributed by atoms with E-state index in [-0.39, 0.29) is 18.4 Å². The van der Waals surface area contributed by atoms with Crippen LogP contribution in [-0.4, -0.2) is 53.0 Å². The molecule has 120 valence electrons. The molecule has 1 aromatic rings. The van der Waals surface area contributed by atoms with E-state index in [2.05, 4.69) is 0 Å². The van der Waals surface area contributed by atoms with E-state index in [1.807, 2.05) is 30.3 Å². The molecule has 1 unspecified atom stereocenters. The van der Waals surface area contributed by atoms with Crippen molar-refractivity contribution in [2.24, 2.45) is 0 Å². The van der Waals surface area contributed by atoms with E-state index in [0.29, 0.717) is 13.0 Å². The molecule has 1 fully saturated rings. The molecule has 2 rings (SSSR count). The molecule has 2 atom stereocenters. The van der Waals surface area contributed by atoms with Gasteiger partial charge in [-0.2, -0.15) is 0 Å². The molecule has 1 saturated heterocycles. The molecule has 0 radical (unpaired) electrons. The van der Waals surface area contributed by atoms with Crippen molar-refractivity contribution in [2.75, 3.05) is 13.6 Å². The quantitative estimate of drug-likeness (QED) is 0.774. The fourth-order valence-corrected chi connectivity index (χ4v) is 2.89. The molecule has 0 spiro atoms. The number of carbonyl (C=O) groups is 2. The summed E-state index contributed by atoms with van der Waals surface area (Å²) in [5.74, 6) is 0.00440. The zero-order valence-electron chi connectivity index (χ0n) is 13.0. The molecule has 0 aromatic heterocycles. The third-order valence-electron chi connectivity index (χ3n) is 4.19. The molecule has 0 bridgehead atoms. The van der Waals surface area contributed by atoms with Crippen LogP contribution in [0.5, 0.6) is 0 Å². The summed E-state index contributed by atoms with van der Waals surface area (Å²) >= 11 is 0. The Morgan fingerprint density at radius 1 is 1.45 bits per heavy atom. The molecule has 1 amide bonds. The standard InChI is InChI=1S/C17H24N2O3/c1-18(12-14-6-3-2-4-7-14)16(21)9-10-17(22)19-11-5-8-15(19)13-20/h2-4,6-7,13,15,17,22H,5,8-12H2,1H3/t15-,17?/m0/s1. The summed E-state index contributed by atoms with van der Waals surface area (Å²) in [6, 6.07) is 9.61. The normalized spacial score (nSPS) is 19.8. The maximum Gasteiger partial charge on any atom is 0.222 e. The fourth-order valence-electron chi connectivity index (χ4n) is 2.89. The minimum absolute atomic E-state index is 0.00440. The summed E-state index contributed by atoms with van der Waals surface area (Å²) in [5, 5.41) is 10.2. The first kappa shape index (κ1) is 16.6. The van der Waals surface area contributed by atoms with Gasteiger partial charge in [-0.3, -0.25) is 9.69 Å². The average molecular weight is 304 g/mol. The molecule has 5 nitrogen and oxygen atoms in total. The highest BCUT2D eigenvalue weighted by molar-refractivity contribution is 5.75. The second-order valence-electron chi connectivity index (χ2n) is 5.84. The number of carbonyl (C=O) groups excluding carboxylic acids is 2. The van der Waals surface area contributed by atoms with E-state index in [0.717, 1.165) is 31.2 Å². The lowest BCUT2D eigenvalue weighted by Gasteiger charge is -2.26. The summed E-state index contributed by atoms with van der Waals surface area (Å²) in [4.78, 5) is 26.5. The first-order chi connectivity index (χ1) is 10.6. The summed E-state index contributed by atoms with van der Waals surface area (Å²) < 4.78 is 0. The van der Waals surface area contributed by atoms with Crippen LogP contribution in [0.2, 0.25) is 0 Å². The van der Waals surface area contributed by atoms with Gasteiger partial charge in [0.05, 0.1) is 6.04 Å². The van der Waals surface area contributed by atoms with Crippen LogP contribution in [0.15, 0.2) is 30.3 Å². The Hall–Kier alpha value is -1.72. The van der Waals surface area contributed by atoms with E-state index in [4.69, 9.17) is 0 Å². The average Bonchev–Trinajstić information content (AvgIpc) is 3.01. The predicted molar refractivity (Wildman–Crippen MR) is 83.9 cm³/mol. The largest absolute Gasteiger partial charge is 0.378 e. The van der Waals surface area contributed by atoms with Crippen LogP contribution >= 0.6 is 0 Å². The maximum absolute atomic E-state index is 12.1. The van der Waals surface area contributed by atoms with Gasteiger partial charge in [0.15, 0.2) is 0 Å². The van der Waals surface area contributed by atoms with Crippen LogP contribution in [0.3, 0.4) is 0 Å². The van der Waals surface area contributed by atoms with E-state index in [1.165, 1.54) is 0 Å². The molecule has 0 aliphatic carbocycles. The monoisotopic (exact) mass is 304 g/mol. The maximum atomic E-state index is 12.1. The van der Waals surface area contributed by atoms with Crippen LogP contribution in [0, 0.1) is 0 Å². The Balaban J connectivity index is 1.78. The van der Waals surface area contributed by atoms with Gasteiger partial charge in [0.25, 0.3) is 0 Å². The summed E-state index contributed by atoms with van der Waals surface area (Å²) in [6.45, 7) is 1.29. The summed E-state index contributed by atoms with van der Waals surface area (Å²) in [6.07, 6.45) is 2.53. The van der Waals surface area contributed by atoms with Gasteiger partial charge in [-0.1, -0.05) is 30.3 Å². The highest BCUT2D eigenvalue weighted by Gasteiger charge is 2.29. The van der Waals surface area contributed by atoms with Crippen molar-refractivity contribution < 1.29 is 14.7 Å². The molecule has 1 N–H and O–H groups in total. The topological polar surface area (TPSA) is 60.9 Å². The number of benzene rings is 1. The third kappa shape index (κ3) is 4.39. The number of aliphatic hydroxyl groups is 1. The van der Waals surface area contributed by atoms with Crippen molar-refractivity contribution in [3.8, 4) is 0 Å². The highest BCUT2D eigenvalue weighted by Crippen LogP contribution is 2.20. The Morgan fingerprint density at radius 3 is 2.86 bits per heavy atom. The fraction of sp³-hybridized carbons (Fsp3) is 0.529. The van der Waals surface area contributed by atoms with E-state index in [1.54, 1.807) is 16.8 Å². The lowest BCUT2D eigenvalue weighted by Crippen LogP contribution is -2.40. The molecule has 5 heteroatoms. The Morgan fingerprint density at radius 2 is 2.18 bits per heavy atom. The van der Waals surface area contributed by atoms with Crippen molar-refractivity contribution in [1.29, 1.82) is 0 Å². The first-order valence-electron chi connectivity index (χ1n) is 7.79. The van der Waals surface area contributed by atoms with Crippen LogP contribution in [0.4, 0.5) is 0 Å². The van der Waals surface area contributed by atoms with Crippen molar-refractivity contribution >= 4 is 12.2 Å². The number of aldehydes is 1. The molecule has 1 heterocycles. The predicted octanol–water partition coefficient (Wildman–Crippen LogP) is 1.41. The van der Waals surface area contributed by atoms with E-state index in [9.17, 15) is 14.7 Å². The molecular weight excluding hydrogens is 280 g/mol. The molecule has 1 aliphatic rings. The van der Waals surface area contributed by atoms with Crippen molar-refractivity contribution in [3.05, 3.63) is 35.9 Å². The number of likely N-dealkylation sites (tertiary alicyclic amines) is 1. The van der Waals surface area contributed by atoms with Gasteiger partial charge in [0.2, 0.25) is 5.91 Å². The van der Waals surface area contributed by atoms with Gasteiger partial charge in [0, 0.05) is 26.6 Å². The van der Waals surface area contributed by atoms with E-state index >= 15 is 0 Å². The Labute approximate surface area is 131 Å². The van der Waals surface area contributed by atoms with Gasteiger partial charge in [-0.05, 0) is 24.8 Å². The SMILES string of the molecule is CN(Cc1ccccc1)C(=O)CCC(O)N1CCC[C@H]1C=O. The van der Waals surface area contributed by atoms with Gasteiger partial charge < -0.3 is 14.8 Å². The summed E-state index contributed by atoms with van der Waals surface area (Å²) in [5.41, 5.74) is 1.08. The molecule has 22 heavy (non-hydrogen) atoms. The minimum Gasteiger partial charge on any atom is -0.378 e. The molecule has 0 saturated carbocycles. The number of hydrogen-bond acceptors (Lipinski definition) is 4. The zero-order valence-corrected chi connectivity index (χ0v) is 13.0.